The largest absolute Gasteiger partial charge is 0.0654 e. The van der Waals surface area contributed by atoms with Gasteiger partial charge in [-0.1, -0.05) is 51.7 Å². The summed E-state index contributed by atoms with van der Waals surface area (Å²) >= 11 is 0. The van der Waals surface area contributed by atoms with Crippen LogP contribution < -0.4 is 0 Å². The van der Waals surface area contributed by atoms with E-state index in [9.17, 15) is 0 Å². The van der Waals surface area contributed by atoms with Gasteiger partial charge in [-0.05, 0) is 24.7 Å². The molecule has 0 saturated heterocycles. The van der Waals surface area contributed by atoms with E-state index in [1.807, 2.05) is 11.1 Å². The number of hydrogen-bond donors (Lipinski definition) is 0. The van der Waals surface area contributed by atoms with Crippen molar-refractivity contribution in [1.82, 2.24) is 0 Å². The van der Waals surface area contributed by atoms with E-state index in [0.29, 0.717) is 5.41 Å². The van der Waals surface area contributed by atoms with Crippen LogP contribution in [-0.2, 0) is 0 Å². The third kappa shape index (κ3) is 1.18. The summed E-state index contributed by atoms with van der Waals surface area (Å²) in [5.41, 5.74) is 4.27. The van der Waals surface area contributed by atoms with Crippen LogP contribution in [0.25, 0.3) is 0 Å². The molecular weight excluding hydrogens is 156 g/mol. The summed E-state index contributed by atoms with van der Waals surface area (Å²) in [6.07, 6.45) is 5.58. The molecule has 0 aromatic heterocycles. The molecule has 0 aromatic carbocycles. The molecule has 74 valence electrons. The van der Waals surface area contributed by atoms with Crippen molar-refractivity contribution in [1.29, 1.82) is 0 Å². The molecule has 3 atom stereocenters. The van der Waals surface area contributed by atoms with Gasteiger partial charge in [0, 0.05) is 5.41 Å². The molecule has 0 bridgehead atoms. The topological polar surface area (TPSA) is 0 Å². The number of hydrogen-bond acceptors (Lipinski definition) is 0. The highest BCUT2D eigenvalue weighted by Crippen LogP contribution is 2.67. The van der Waals surface area contributed by atoms with E-state index in [1.165, 1.54) is 25.7 Å². The minimum absolute atomic E-state index is 0.599. The summed E-state index contributed by atoms with van der Waals surface area (Å²) in [7, 11) is 0. The van der Waals surface area contributed by atoms with Crippen molar-refractivity contribution in [3.63, 3.8) is 0 Å². The summed E-state index contributed by atoms with van der Waals surface area (Å²) < 4.78 is 0. The third-order valence-corrected chi connectivity index (χ3v) is 4.39. The fourth-order valence-corrected chi connectivity index (χ4v) is 3.22. The van der Waals surface area contributed by atoms with Gasteiger partial charge < -0.3 is 0 Å². The molecule has 2 aliphatic carbocycles. The number of unbranched alkanes of at least 4 members (excludes halogenated alkanes) is 1. The highest BCUT2D eigenvalue weighted by Gasteiger charge is 2.55. The molecule has 0 aliphatic heterocycles. The molecule has 0 saturated carbocycles. The van der Waals surface area contributed by atoms with Gasteiger partial charge in [0.1, 0.15) is 0 Å². The molecular formula is C13H22. The molecule has 0 radical (unpaired) electrons. The Balaban J connectivity index is 1.96. The molecule has 0 heteroatoms. The monoisotopic (exact) mass is 178 g/mol. The first-order valence-corrected chi connectivity index (χ1v) is 5.85. The van der Waals surface area contributed by atoms with Gasteiger partial charge in [-0.25, -0.2) is 0 Å². The molecule has 0 spiro atoms. The molecule has 0 nitrogen and oxygen atoms in total. The van der Waals surface area contributed by atoms with Crippen molar-refractivity contribution in [2.24, 2.45) is 17.3 Å². The molecule has 2 aliphatic rings. The highest BCUT2D eigenvalue weighted by atomic mass is 14.6. The predicted molar refractivity (Wildman–Crippen MR) is 57.6 cm³/mol. The van der Waals surface area contributed by atoms with E-state index >= 15 is 0 Å². The predicted octanol–water partition coefficient (Wildman–Crippen LogP) is 4.17. The van der Waals surface area contributed by atoms with E-state index in [0.717, 1.165) is 11.8 Å². The Kier molecular flexibility index (Phi) is 2.05. The maximum Gasteiger partial charge on any atom is 0.0101 e. The van der Waals surface area contributed by atoms with Crippen LogP contribution in [0.15, 0.2) is 11.1 Å². The second kappa shape index (κ2) is 2.87. The second-order valence-electron chi connectivity index (χ2n) is 5.30. The van der Waals surface area contributed by atoms with Gasteiger partial charge in [0.05, 0.1) is 0 Å². The molecule has 3 unspecified atom stereocenters. The SMILES string of the molecule is CCCCC1(C)C2=C1C(C)C(C)C2. The van der Waals surface area contributed by atoms with Crippen LogP contribution in [0, 0.1) is 17.3 Å². The standard InChI is InChI=1S/C13H22/c1-5-6-7-13(4)11-8-9(2)10(3)12(11)13/h9-10H,5-8H2,1-4H3. The first-order chi connectivity index (χ1) is 6.11. The van der Waals surface area contributed by atoms with E-state index in [-0.39, 0.29) is 0 Å². The minimum atomic E-state index is 0.599. The highest BCUT2D eigenvalue weighted by molar-refractivity contribution is 5.53. The van der Waals surface area contributed by atoms with Crippen molar-refractivity contribution in [3.8, 4) is 0 Å². The normalized spacial score (nSPS) is 42.5. The first-order valence-electron chi connectivity index (χ1n) is 5.85. The Morgan fingerprint density at radius 1 is 1.38 bits per heavy atom. The lowest BCUT2D eigenvalue weighted by molar-refractivity contribution is 0.362. The van der Waals surface area contributed by atoms with Gasteiger partial charge in [-0.15, -0.1) is 0 Å². The fraction of sp³-hybridized carbons (Fsp3) is 0.846. The van der Waals surface area contributed by atoms with Gasteiger partial charge in [0.25, 0.3) is 0 Å². The number of allylic oxidation sites excluding steroid dienone is 2. The zero-order valence-electron chi connectivity index (χ0n) is 9.48. The van der Waals surface area contributed by atoms with E-state index in [2.05, 4.69) is 27.7 Å². The zero-order valence-corrected chi connectivity index (χ0v) is 9.48. The van der Waals surface area contributed by atoms with Crippen molar-refractivity contribution >= 4 is 0 Å². The molecule has 0 amide bonds. The Bertz CT molecular complexity index is 249. The first kappa shape index (κ1) is 9.30. The average Bonchev–Trinajstić information content (AvgIpc) is 2.52. The summed E-state index contributed by atoms with van der Waals surface area (Å²) in [5, 5.41) is 0. The second-order valence-corrected chi connectivity index (χ2v) is 5.30. The van der Waals surface area contributed by atoms with Crippen molar-refractivity contribution < 1.29 is 0 Å². The van der Waals surface area contributed by atoms with Crippen molar-refractivity contribution in [2.75, 3.05) is 0 Å². The van der Waals surface area contributed by atoms with E-state index in [1.54, 1.807) is 0 Å². The Morgan fingerprint density at radius 2 is 2.08 bits per heavy atom. The van der Waals surface area contributed by atoms with Crippen molar-refractivity contribution in [2.45, 2.75) is 53.4 Å². The van der Waals surface area contributed by atoms with E-state index in [4.69, 9.17) is 0 Å². The smallest absolute Gasteiger partial charge is 0.0101 e. The summed E-state index contributed by atoms with van der Waals surface area (Å²) in [6, 6.07) is 0. The third-order valence-electron chi connectivity index (χ3n) is 4.39. The van der Waals surface area contributed by atoms with Crippen LogP contribution in [0.4, 0.5) is 0 Å². The maximum absolute atomic E-state index is 2.47. The van der Waals surface area contributed by atoms with Gasteiger partial charge >= 0.3 is 0 Å². The van der Waals surface area contributed by atoms with E-state index < -0.39 is 0 Å². The lowest BCUT2D eigenvalue weighted by Gasteiger charge is -2.25. The van der Waals surface area contributed by atoms with Gasteiger partial charge in [-0.2, -0.15) is 0 Å². The number of rotatable bonds is 3. The molecule has 2 rings (SSSR count). The van der Waals surface area contributed by atoms with Gasteiger partial charge in [-0.3, -0.25) is 0 Å². The Morgan fingerprint density at radius 3 is 2.54 bits per heavy atom. The molecule has 0 fully saturated rings. The molecule has 0 aromatic rings. The lowest BCUT2D eigenvalue weighted by Crippen LogP contribution is -2.15. The van der Waals surface area contributed by atoms with Crippen LogP contribution >= 0.6 is 0 Å². The minimum Gasteiger partial charge on any atom is -0.0654 e. The lowest BCUT2D eigenvalue weighted by atomic mass is 9.79. The maximum atomic E-state index is 2.47. The van der Waals surface area contributed by atoms with Crippen LogP contribution in [0.3, 0.4) is 0 Å². The van der Waals surface area contributed by atoms with Gasteiger partial charge in [0.2, 0.25) is 0 Å². The van der Waals surface area contributed by atoms with Crippen molar-refractivity contribution in [3.05, 3.63) is 11.1 Å². The fourth-order valence-electron chi connectivity index (χ4n) is 3.22. The molecule has 13 heavy (non-hydrogen) atoms. The molecule has 0 heterocycles. The van der Waals surface area contributed by atoms with Crippen LogP contribution in [0.5, 0.6) is 0 Å². The zero-order chi connectivity index (χ0) is 9.64. The van der Waals surface area contributed by atoms with Crippen LogP contribution in [0.1, 0.15) is 53.4 Å². The Labute approximate surface area is 82.4 Å². The Hall–Kier alpha value is -0.260. The van der Waals surface area contributed by atoms with Gasteiger partial charge in [0.15, 0.2) is 0 Å². The summed E-state index contributed by atoms with van der Waals surface area (Å²) in [5.74, 6) is 1.82. The quantitative estimate of drug-likeness (QED) is 0.569. The molecule has 0 N–H and O–H groups in total. The van der Waals surface area contributed by atoms with Crippen LogP contribution in [-0.4, -0.2) is 0 Å². The van der Waals surface area contributed by atoms with Crippen LogP contribution in [0.2, 0.25) is 0 Å². The summed E-state index contributed by atoms with van der Waals surface area (Å²) in [4.78, 5) is 0. The average molecular weight is 178 g/mol. The summed E-state index contributed by atoms with van der Waals surface area (Å²) in [6.45, 7) is 9.58.